The first-order valence-corrected chi connectivity index (χ1v) is 5.15. The second-order valence-electron chi connectivity index (χ2n) is 4.28. The minimum atomic E-state index is 0.0845. The zero-order chi connectivity index (χ0) is 8.82. The molecule has 12 heavy (non-hydrogen) atoms. The fraction of sp³-hybridized carbons (Fsp3) is 0.600. The largest absolute Gasteiger partial charge is 0.395 e. The van der Waals surface area contributed by atoms with Crippen molar-refractivity contribution in [2.24, 2.45) is 5.41 Å². The average Bonchev–Trinajstić information content (AvgIpc) is 2.52. The summed E-state index contributed by atoms with van der Waals surface area (Å²) in [6, 6.07) is 4.20. The second-order valence-corrected chi connectivity index (χ2v) is 5.23. The molecule has 1 aliphatic rings. The second kappa shape index (κ2) is 2.33. The van der Waals surface area contributed by atoms with E-state index in [-0.39, 0.29) is 5.41 Å². The molecule has 0 bridgehead atoms. The maximum Gasteiger partial charge on any atom is 0.0541 e. The molecule has 0 saturated heterocycles. The molecule has 0 amide bonds. The Morgan fingerprint density at radius 2 is 2.25 bits per heavy atom. The molecule has 2 rings (SSSR count). The van der Waals surface area contributed by atoms with Crippen LogP contribution >= 0.6 is 11.3 Å². The van der Waals surface area contributed by atoms with E-state index in [0.29, 0.717) is 12.0 Å². The highest BCUT2D eigenvalue weighted by atomic mass is 32.1. The van der Waals surface area contributed by atoms with Gasteiger partial charge in [0.15, 0.2) is 0 Å². The van der Waals surface area contributed by atoms with Gasteiger partial charge in [-0.1, -0.05) is 19.9 Å². The van der Waals surface area contributed by atoms with E-state index in [2.05, 4.69) is 31.4 Å². The zero-order valence-corrected chi connectivity index (χ0v) is 8.32. The molecular formula is C10H14OS. The molecule has 0 unspecified atom stereocenters. The average molecular weight is 182 g/mol. The molecule has 1 aliphatic carbocycles. The number of rotatable bonds is 2. The monoisotopic (exact) mass is 182 g/mol. The van der Waals surface area contributed by atoms with Crippen molar-refractivity contribution in [2.45, 2.75) is 25.7 Å². The Balaban J connectivity index is 2.34. The van der Waals surface area contributed by atoms with Crippen LogP contribution in [-0.4, -0.2) is 11.7 Å². The molecule has 1 aromatic rings. The molecule has 1 atom stereocenters. The lowest BCUT2D eigenvalue weighted by Gasteiger charge is -2.15. The molecular weight excluding hydrogens is 168 g/mol. The van der Waals surface area contributed by atoms with Crippen LogP contribution in [0.1, 0.15) is 25.1 Å². The van der Waals surface area contributed by atoms with Crippen LogP contribution < -0.4 is 0 Å². The van der Waals surface area contributed by atoms with Gasteiger partial charge in [-0.3, -0.25) is 0 Å². The quantitative estimate of drug-likeness (QED) is 0.744. The van der Waals surface area contributed by atoms with Gasteiger partial charge in [-0.2, -0.15) is 0 Å². The van der Waals surface area contributed by atoms with E-state index in [4.69, 9.17) is 0 Å². The van der Waals surface area contributed by atoms with E-state index in [1.807, 2.05) is 0 Å². The molecule has 1 fully saturated rings. The van der Waals surface area contributed by atoms with Crippen LogP contribution in [0, 0.1) is 5.41 Å². The first kappa shape index (κ1) is 8.27. The van der Waals surface area contributed by atoms with Gasteiger partial charge < -0.3 is 5.11 Å². The van der Waals surface area contributed by atoms with Crippen LogP contribution in [0.4, 0.5) is 0 Å². The first-order valence-electron chi connectivity index (χ1n) is 4.27. The zero-order valence-electron chi connectivity index (χ0n) is 7.50. The first-order chi connectivity index (χ1) is 5.62. The minimum absolute atomic E-state index is 0.0845. The highest BCUT2D eigenvalue weighted by Gasteiger charge is 2.62. The summed E-state index contributed by atoms with van der Waals surface area (Å²) < 4.78 is 0. The van der Waals surface area contributed by atoms with Crippen molar-refractivity contribution in [1.29, 1.82) is 0 Å². The van der Waals surface area contributed by atoms with E-state index in [1.54, 1.807) is 11.3 Å². The number of aliphatic hydroxyl groups excluding tert-OH is 1. The SMILES string of the molecule is CC1(C)C[C@@]1(CO)c1cccs1. The lowest BCUT2D eigenvalue weighted by molar-refractivity contribution is 0.233. The molecule has 1 nitrogen and oxygen atoms in total. The van der Waals surface area contributed by atoms with Crippen molar-refractivity contribution in [2.75, 3.05) is 6.61 Å². The molecule has 1 heterocycles. The molecule has 66 valence electrons. The standard InChI is InChI=1S/C10H14OS/c1-9(2)6-10(9,7-11)8-4-3-5-12-8/h3-5,11H,6-7H2,1-2H3/t10-/m1/s1. The summed E-state index contributed by atoms with van der Waals surface area (Å²) in [6.07, 6.45) is 1.12. The number of aliphatic hydroxyl groups is 1. The highest BCUT2D eigenvalue weighted by Crippen LogP contribution is 2.64. The van der Waals surface area contributed by atoms with Crippen LogP contribution in [0.15, 0.2) is 17.5 Å². The summed E-state index contributed by atoms with van der Waals surface area (Å²) >= 11 is 1.76. The molecule has 0 spiro atoms. The summed E-state index contributed by atoms with van der Waals surface area (Å²) in [5.41, 5.74) is 0.383. The Morgan fingerprint density at radius 3 is 2.58 bits per heavy atom. The number of hydrogen-bond donors (Lipinski definition) is 1. The van der Waals surface area contributed by atoms with E-state index >= 15 is 0 Å². The van der Waals surface area contributed by atoms with Crippen molar-refractivity contribution in [3.05, 3.63) is 22.4 Å². The van der Waals surface area contributed by atoms with E-state index in [9.17, 15) is 5.11 Å². The Labute approximate surface area is 77.0 Å². The highest BCUT2D eigenvalue weighted by molar-refractivity contribution is 7.10. The van der Waals surface area contributed by atoms with Crippen LogP contribution in [0.25, 0.3) is 0 Å². The maximum atomic E-state index is 9.37. The molecule has 2 heteroatoms. The van der Waals surface area contributed by atoms with Crippen molar-refractivity contribution >= 4 is 11.3 Å². The van der Waals surface area contributed by atoms with Gasteiger partial charge in [-0.15, -0.1) is 11.3 Å². The van der Waals surface area contributed by atoms with Crippen molar-refractivity contribution in [3.8, 4) is 0 Å². The smallest absolute Gasteiger partial charge is 0.0541 e. The van der Waals surface area contributed by atoms with Crippen LogP contribution in [-0.2, 0) is 5.41 Å². The van der Waals surface area contributed by atoms with E-state index in [0.717, 1.165) is 6.42 Å². The van der Waals surface area contributed by atoms with E-state index in [1.165, 1.54) is 4.88 Å². The van der Waals surface area contributed by atoms with Gasteiger partial charge >= 0.3 is 0 Å². The summed E-state index contributed by atoms with van der Waals surface area (Å²) in [7, 11) is 0. The fourth-order valence-corrected chi connectivity index (χ4v) is 3.13. The van der Waals surface area contributed by atoms with Crippen LogP contribution in [0.5, 0.6) is 0 Å². The number of thiophene rings is 1. The number of hydrogen-bond acceptors (Lipinski definition) is 2. The normalized spacial score (nSPS) is 31.9. The lowest BCUT2D eigenvalue weighted by atomic mass is 9.95. The van der Waals surface area contributed by atoms with Gasteiger partial charge in [-0.25, -0.2) is 0 Å². The van der Waals surface area contributed by atoms with Gasteiger partial charge in [0.25, 0.3) is 0 Å². The van der Waals surface area contributed by atoms with E-state index < -0.39 is 0 Å². The topological polar surface area (TPSA) is 20.2 Å². The Morgan fingerprint density at radius 1 is 1.58 bits per heavy atom. The summed E-state index contributed by atoms with van der Waals surface area (Å²) in [5.74, 6) is 0. The van der Waals surface area contributed by atoms with Gasteiger partial charge in [0.2, 0.25) is 0 Å². The minimum Gasteiger partial charge on any atom is -0.395 e. The molecule has 1 N–H and O–H groups in total. The molecule has 0 radical (unpaired) electrons. The third-order valence-electron chi connectivity index (χ3n) is 3.18. The Kier molecular flexibility index (Phi) is 1.61. The van der Waals surface area contributed by atoms with Gasteiger partial charge in [0, 0.05) is 10.3 Å². The predicted octanol–water partition coefficient (Wildman–Crippen LogP) is 2.41. The van der Waals surface area contributed by atoms with Gasteiger partial charge in [-0.05, 0) is 23.3 Å². The van der Waals surface area contributed by atoms with Crippen LogP contribution in [0.3, 0.4) is 0 Å². The lowest BCUT2D eigenvalue weighted by Crippen LogP contribution is -2.17. The third kappa shape index (κ3) is 0.882. The van der Waals surface area contributed by atoms with Gasteiger partial charge in [0.1, 0.15) is 0 Å². The molecule has 1 aromatic heterocycles. The molecule has 1 saturated carbocycles. The Hall–Kier alpha value is -0.340. The maximum absolute atomic E-state index is 9.37. The summed E-state index contributed by atoms with van der Waals surface area (Å²) in [6.45, 7) is 4.74. The van der Waals surface area contributed by atoms with Crippen molar-refractivity contribution < 1.29 is 5.11 Å². The predicted molar refractivity (Wildman–Crippen MR) is 51.5 cm³/mol. The van der Waals surface area contributed by atoms with Crippen molar-refractivity contribution in [3.63, 3.8) is 0 Å². The molecule has 0 aliphatic heterocycles. The van der Waals surface area contributed by atoms with Crippen LogP contribution in [0.2, 0.25) is 0 Å². The third-order valence-corrected chi connectivity index (χ3v) is 4.25. The fourth-order valence-electron chi connectivity index (χ4n) is 2.03. The van der Waals surface area contributed by atoms with Gasteiger partial charge in [0.05, 0.1) is 6.61 Å². The molecule has 0 aromatic carbocycles. The summed E-state index contributed by atoms with van der Waals surface area (Å²) in [5, 5.41) is 11.5. The summed E-state index contributed by atoms with van der Waals surface area (Å²) in [4.78, 5) is 1.34. The van der Waals surface area contributed by atoms with Crippen molar-refractivity contribution in [1.82, 2.24) is 0 Å². The Bertz CT molecular complexity index is 276.